The topological polar surface area (TPSA) is 66.8 Å². The van der Waals surface area contributed by atoms with Gasteiger partial charge in [-0.2, -0.15) is 0 Å². The van der Waals surface area contributed by atoms with Crippen molar-refractivity contribution in [3.63, 3.8) is 0 Å². The lowest BCUT2D eigenvalue weighted by Gasteiger charge is -2.20. The molecule has 0 saturated carbocycles. The Morgan fingerprint density at radius 2 is 1.70 bits per heavy atom. The van der Waals surface area contributed by atoms with E-state index < -0.39 is 5.97 Å². The number of rotatable bonds is 6. The van der Waals surface area contributed by atoms with Gasteiger partial charge in [-0.3, -0.25) is 4.79 Å². The minimum absolute atomic E-state index is 0.0870. The number of hydrogen-bond acceptors (Lipinski definition) is 4. The Morgan fingerprint density at radius 1 is 1.04 bits per heavy atom. The summed E-state index contributed by atoms with van der Waals surface area (Å²) in [5, 5.41) is 8.97. The normalized spacial score (nSPS) is 10.2. The molecule has 5 heteroatoms. The van der Waals surface area contributed by atoms with Gasteiger partial charge in [0.1, 0.15) is 0 Å². The molecule has 23 heavy (non-hydrogen) atoms. The number of benzene rings is 2. The highest BCUT2D eigenvalue weighted by molar-refractivity contribution is 5.97. The van der Waals surface area contributed by atoms with Crippen LogP contribution in [0.15, 0.2) is 54.6 Å². The molecule has 0 aliphatic rings. The molecule has 120 valence electrons. The highest BCUT2D eigenvalue weighted by Gasteiger charge is 2.16. The number of aliphatic hydroxyl groups excluding tert-OH is 1. The molecule has 5 nitrogen and oxygen atoms in total. The van der Waals surface area contributed by atoms with E-state index >= 15 is 0 Å². The second-order valence-electron chi connectivity index (χ2n) is 4.90. The van der Waals surface area contributed by atoms with Gasteiger partial charge in [0, 0.05) is 12.2 Å². The summed E-state index contributed by atoms with van der Waals surface area (Å²) >= 11 is 0. The molecule has 1 N–H and O–H groups in total. The molecular weight excluding hydrogens is 294 g/mol. The fourth-order valence-electron chi connectivity index (χ4n) is 2.15. The molecule has 0 bridgehead atoms. The molecule has 0 aliphatic carbocycles. The zero-order valence-electron chi connectivity index (χ0n) is 12.9. The third kappa shape index (κ3) is 4.40. The predicted molar refractivity (Wildman–Crippen MR) is 87.1 cm³/mol. The zero-order chi connectivity index (χ0) is 16.7. The highest BCUT2D eigenvalue weighted by atomic mass is 16.5. The second kappa shape index (κ2) is 8.10. The predicted octanol–water partition coefficient (Wildman–Crippen LogP) is 2.39. The summed E-state index contributed by atoms with van der Waals surface area (Å²) in [5.41, 5.74) is 1.82. The molecule has 0 saturated heterocycles. The number of esters is 1. The van der Waals surface area contributed by atoms with Crippen LogP contribution in [0, 0.1) is 0 Å². The van der Waals surface area contributed by atoms with Crippen LogP contribution in [0.4, 0.5) is 5.69 Å². The van der Waals surface area contributed by atoms with Gasteiger partial charge in [-0.25, -0.2) is 4.79 Å². The molecule has 0 aromatic heterocycles. The minimum Gasteiger partial charge on any atom is -0.452 e. The number of para-hydroxylation sites is 1. The Bertz CT molecular complexity index is 652. The number of hydrogen-bond donors (Lipinski definition) is 1. The van der Waals surface area contributed by atoms with E-state index in [2.05, 4.69) is 0 Å². The van der Waals surface area contributed by atoms with Gasteiger partial charge in [0.05, 0.1) is 12.2 Å². The van der Waals surface area contributed by atoms with Crippen molar-refractivity contribution in [2.75, 3.05) is 18.1 Å². The van der Waals surface area contributed by atoms with Crippen LogP contribution in [0.2, 0.25) is 0 Å². The minimum atomic E-state index is -0.563. The van der Waals surface area contributed by atoms with Crippen LogP contribution >= 0.6 is 0 Å². The van der Waals surface area contributed by atoms with Gasteiger partial charge >= 0.3 is 5.97 Å². The number of likely N-dealkylation sites (N-methyl/N-ethyl adjacent to an activating group) is 1. The van der Waals surface area contributed by atoms with Crippen LogP contribution < -0.4 is 4.90 Å². The Hall–Kier alpha value is -2.66. The lowest BCUT2D eigenvalue weighted by molar-refractivity contribution is -0.121. The van der Waals surface area contributed by atoms with E-state index in [0.717, 1.165) is 5.69 Å². The summed E-state index contributed by atoms with van der Waals surface area (Å²) in [5.74, 6) is -0.842. The van der Waals surface area contributed by atoms with Crippen LogP contribution in [0.25, 0.3) is 0 Å². The summed E-state index contributed by atoms with van der Waals surface area (Å²) in [6, 6.07) is 15.6. The standard InChI is InChI=1S/C18H19NO4/c1-2-19(16-6-4-3-5-7-16)17(21)13-23-18(22)15-10-8-14(12-20)9-11-15/h3-11,20H,2,12-13H2,1H3. The van der Waals surface area contributed by atoms with Gasteiger partial charge in [-0.15, -0.1) is 0 Å². The summed E-state index contributed by atoms with van der Waals surface area (Å²) in [7, 11) is 0. The quantitative estimate of drug-likeness (QED) is 0.832. The first-order valence-corrected chi connectivity index (χ1v) is 7.38. The van der Waals surface area contributed by atoms with Crippen LogP contribution in [-0.4, -0.2) is 30.1 Å². The van der Waals surface area contributed by atoms with Gasteiger partial charge in [0.15, 0.2) is 6.61 Å². The smallest absolute Gasteiger partial charge is 0.338 e. The van der Waals surface area contributed by atoms with Crippen molar-refractivity contribution >= 4 is 17.6 Å². The third-order valence-corrected chi connectivity index (χ3v) is 3.38. The highest BCUT2D eigenvalue weighted by Crippen LogP contribution is 2.13. The molecule has 0 heterocycles. The third-order valence-electron chi connectivity index (χ3n) is 3.38. The summed E-state index contributed by atoms with van der Waals surface area (Å²) < 4.78 is 5.08. The van der Waals surface area contributed by atoms with Crippen molar-refractivity contribution in [3.05, 3.63) is 65.7 Å². The molecule has 0 spiro atoms. The number of amides is 1. The largest absolute Gasteiger partial charge is 0.452 e. The first-order valence-electron chi connectivity index (χ1n) is 7.38. The average molecular weight is 313 g/mol. The first kappa shape index (κ1) is 16.7. The molecule has 2 aromatic carbocycles. The Kier molecular flexibility index (Phi) is 5.88. The van der Waals surface area contributed by atoms with Crippen molar-refractivity contribution in [1.29, 1.82) is 0 Å². The Morgan fingerprint density at radius 3 is 2.26 bits per heavy atom. The van der Waals surface area contributed by atoms with E-state index in [-0.39, 0.29) is 19.1 Å². The maximum atomic E-state index is 12.2. The maximum Gasteiger partial charge on any atom is 0.338 e. The maximum absolute atomic E-state index is 12.2. The van der Waals surface area contributed by atoms with Gasteiger partial charge < -0.3 is 14.7 Å². The van der Waals surface area contributed by atoms with Gasteiger partial charge in [-0.05, 0) is 36.8 Å². The molecule has 1 amide bonds. The zero-order valence-corrected chi connectivity index (χ0v) is 12.9. The van der Waals surface area contributed by atoms with E-state index in [1.165, 1.54) is 0 Å². The van der Waals surface area contributed by atoms with Gasteiger partial charge in [0.2, 0.25) is 0 Å². The van der Waals surface area contributed by atoms with Gasteiger partial charge in [-0.1, -0.05) is 30.3 Å². The lowest BCUT2D eigenvalue weighted by atomic mass is 10.1. The first-order chi connectivity index (χ1) is 11.2. The van der Waals surface area contributed by atoms with E-state index in [4.69, 9.17) is 9.84 Å². The van der Waals surface area contributed by atoms with Crippen LogP contribution in [0.5, 0.6) is 0 Å². The summed E-state index contributed by atoms with van der Waals surface area (Å²) in [6.45, 7) is 1.95. The van der Waals surface area contributed by atoms with Crippen molar-refractivity contribution in [1.82, 2.24) is 0 Å². The van der Waals surface area contributed by atoms with Crippen molar-refractivity contribution < 1.29 is 19.4 Å². The molecule has 0 aliphatic heterocycles. The number of carbonyl (C=O) groups is 2. The fourth-order valence-corrected chi connectivity index (χ4v) is 2.15. The van der Waals surface area contributed by atoms with E-state index in [9.17, 15) is 9.59 Å². The number of ether oxygens (including phenoxy) is 1. The number of carbonyl (C=O) groups excluding carboxylic acids is 2. The molecule has 2 aromatic rings. The van der Waals surface area contributed by atoms with Crippen LogP contribution in [0.3, 0.4) is 0 Å². The van der Waals surface area contributed by atoms with Crippen molar-refractivity contribution in [2.45, 2.75) is 13.5 Å². The molecular formula is C18H19NO4. The number of anilines is 1. The van der Waals surface area contributed by atoms with Crippen molar-refractivity contribution in [3.8, 4) is 0 Å². The SMILES string of the molecule is CCN(C(=O)COC(=O)c1ccc(CO)cc1)c1ccccc1. The van der Waals surface area contributed by atoms with E-state index in [1.54, 1.807) is 29.2 Å². The second-order valence-corrected chi connectivity index (χ2v) is 4.90. The van der Waals surface area contributed by atoms with Crippen LogP contribution in [-0.2, 0) is 16.1 Å². The fraction of sp³-hybridized carbons (Fsp3) is 0.222. The van der Waals surface area contributed by atoms with E-state index in [0.29, 0.717) is 17.7 Å². The lowest BCUT2D eigenvalue weighted by Crippen LogP contribution is -2.34. The number of nitrogens with zero attached hydrogens (tertiary/aromatic N) is 1. The summed E-state index contributed by atoms with van der Waals surface area (Å²) in [6.07, 6.45) is 0. The molecule has 0 unspecified atom stereocenters. The summed E-state index contributed by atoms with van der Waals surface area (Å²) in [4.78, 5) is 25.7. The average Bonchev–Trinajstić information content (AvgIpc) is 2.61. The van der Waals surface area contributed by atoms with Crippen molar-refractivity contribution in [2.24, 2.45) is 0 Å². The Labute approximate surface area is 135 Å². The molecule has 0 radical (unpaired) electrons. The number of aliphatic hydroxyl groups is 1. The van der Waals surface area contributed by atoms with Crippen LogP contribution in [0.1, 0.15) is 22.8 Å². The molecule has 0 atom stereocenters. The molecule has 2 rings (SSSR count). The molecule has 0 fully saturated rings. The Balaban J connectivity index is 1.95. The van der Waals surface area contributed by atoms with E-state index in [1.807, 2.05) is 37.3 Å². The van der Waals surface area contributed by atoms with Gasteiger partial charge in [0.25, 0.3) is 5.91 Å². The monoisotopic (exact) mass is 313 g/mol.